The first-order chi connectivity index (χ1) is 8.58. The summed E-state index contributed by atoms with van der Waals surface area (Å²) in [5, 5.41) is 17.1. The van der Waals surface area contributed by atoms with Crippen LogP contribution in [-0.2, 0) is 9.59 Å². The van der Waals surface area contributed by atoms with Crippen molar-refractivity contribution in [3.63, 3.8) is 0 Å². The summed E-state index contributed by atoms with van der Waals surface area (Å²) in [6, 6.07) is 1.57. The molecule has 0 bridgehead atoms. The number of anilines is 1. The van der Waals surface area contributed by atoms with Gasteiger partial charge in [0.05, 0.1) is 5.92 Å². The molecule has 1 aliphatic carbocycles. The molecule has 1 aliphatic rings. The van der Waals surface area contributed by atoms with Gasteiger partial charge in [0.25, 0.3) is 0 Å². The molecule has 0 unspecified atom stereocenters. The Bertz CT molecular complexity index is 492. The lowest BCUT2D eigenvalue weighted by Crippen LogP contribution is -2.41. The van der Waals surface area contributed by atoms with Gasteiger partial charge in [-0.1, -0.05) is 17.3 Å². The van der Waals surface area contributed by atoms with Gasteiger partial charge < -0.3 is 19.7 Å². The second-order valence-corrected chi connectivity index (χ2v) is 4.29. The number of hydrogen-bond acceptors (Lipinski definition) is 5. The van der Waals surface area contributed by atoms with Gasteiger partial charge in [0.15, 0.2) is 5.82 Å². The topological polar surface area (TPSA) is 95.3 Å². The van der Waals surface area contributed by atoms with Gasteiger partial charge in [0, 0.05) is 18.0 Å². The summed E-state index contributed by atoms with van der Waals surface area (Å²) < 4.78 is 4.82. The zero-order valence-electron chi connectivity index (χ0n) is 9.88. The van der Waals surface area contributed by atoms with Crippen molar-refractivity contribution in [2.75, 3.05) is 5.32 Å². The molecule has 1 N–H and O–H groups in total. The molecule has 1 aromatic rings. The Hall–Kier alpha value is -2.11. The molecule has 0 aliphatic heterocycles. The third-order valence-corrected chi connectivity index (χ3v) is 2.95. The number of aliphatic carboxylic acids is 1. The molecule has 1 aromatic heterocycles. The highest BCUT2D eigenvalue weighted by Gasteiger charge is 2.30. The molecule has 6 nitrogen and oxygen atoms in total. The third-order valence-electron chi connectivity index (χ3n) is 2.95. The Kier molecular flexibility index (Phi) is 3.45. The molecule has 0 aromatic carbocycles. The van der Waals surface area contributed by atoms with Crippen LogP contribution >= 0.6 is 0 Å². The van der Waals surface area contributed by atoms with Crippen molar-refractivity contribution in [1.82, 2.24) is 5.16 Å². The minimum absolute atomic E-state index is 0.296. The van der Waals surface area contributed by atoms with Gasteiger partial charge in [-0.25, -0.2) is 0 Å². The normalized spacial score (nSPS) is 22.7. The maximum absolute atomic E-state index is 12.0. The number of allylic oxidation sites excluding steroid dienone is 2. The van der Waals surface area contributed by atoms with Crippen LogP contribution in [-0.4, -0.2) is 17.0 Å². The highest BCUT2D eigenvalue weighted by atomic mass is 16.5. The lowest BCUT2D eigenvalue weighted by Gasteiger charge is -2.27. The molecule has 1 heterocycles. The van der Waals surface area contributed by atoms with Crippen molar-refractivity contribution in [3.05, 3.63) is 24.0 Å². The van der Waals surface area contributed by atoms with Crippen LogP contribution in [0.1, 0.15) is 18.6 Å². The molecule has 1 amide bonds. The quantitative estimate of drug-likeness (QED) is 0.775. The Morgan fingerprint density at radius 2 is 2.06 bits per heavy atom. The van der Waals surface area contributed by atoms with Gasteiger partial charge in [-0.05, 0) is 19.8 Å². The van der Waals surface area contributed by atoms with Gasteiger partial charge >= 0.3 is 0 Å². The number of aromatic nitrogens is 1. The maximum Gasteiger partial charge on any atom is 0.229 e. The SMILES string of the molecule is Cc1cc(NC(=O)[C@@H]2CC=CC[C@H]2C(=O)[O-])no1. The monoisotopic (exact) mass is 249 g/mol. The number of hydrogen-bond donors (Lipinski definition) is 1. The summed E-state index contributed by atoms with van der Waals surface area (Å²) in [5.74, 6) is -2.12. The van der Waals surface area contributed by atoms with Gasteiger partial charge in [0.1, 0.15) is 5.76 Å². The number of carbonyl (C=O) groups is 2. The Morgan fingerprint density at radius 3 is 2.61 bits per heavy atom. The number of nitrogens with zero attached hydrogens (tertiary/aromatic N) is 1. The summed E-state index contributed by atoms with van der Waals surface area (Å²) in [6.45, 7) is 1.70. The van der Waals surface area contributed by atoms with E-state index < -0.39 is 17.8 Å². The van der Waals surface area contributed by atoms with E-state index in [9.17, 15) is 14.7 Å². The molecule has 0 radical (unpaired) electrons. The van der Waals surface area contributed by atoms with E-state index in [1.165, 1.54) is 0 Å². The number of carboxylic acids is 1. The number of nitrogens with one attached hydrogen (secondary N) is 1. The van der Waals surface area contributed by atoms with Crippen LogP contribution in [0.25, 0.3) is 0 Å². The summed E-state index contributed by atoms with van der Waals surface area (Å²) >= 11 is 0. The molecule has 0 saturated carbocycles. The fraction of sp³-hybridized carbons (Fsp3) is 0.417. The zero-order chi connectivity index (χ0) is 13.1. The van der Waals surface area contributed by atoms with Gasteiger partial charge in [-0.2, -0.15) is 0 Å². The molecule has 2 rings (SSSR count). The van der Waals surface area contributed by atoms with E-state index >= 15 is 0 Å². The predicted octanol–water partition coefficient (Wildman–Crippen LogP) is 0.254. The number of amides is 1. The zero-order valence-corrected chi connectivity index (χ0v) is 9.88. The molecule has 0 spiro atoms. The number of rotatable bonds is 3. The first kappa shape index (κ1) is 12.3. The standard InChI is InChI=1S/C12H14N2O4/c1-7-6-10(14-18-7)13-11(15)8-4-2-3-5-9(8)12(16)17/h2-3,6,8-9H,4-5H2,1H3,(H,16,17)(H,13,14,15)/p-1/t8-,9-/m1/s1. The van der Waals surface area contributed by atoms with Crippen molar-refractivity contribution < 1.29 is 19.2 Å². The van der Waals surface area contributed by atoms with E-state index in [4.69, 9.17) is 4.52 Å². The fourth-order valence-electron chi connectivity index (χ4n) is 2.01. The van der Waals surface area contributed by atoms with E-state index in [2.05, 4.69) is 10.5 Å². The highest BCUT2D eigenvalue weighted by Crippen LogP contribution is 2.26. The first-order valence-corrected chi connectivity index (χ1v) is 5.68. The van der Waals surface area contributed by atoms with Crippen LogP contribution in [0.3, 0.4) is 0 Å². The van der Waals surface area contributed by atoms with Crippen molar-refractivity contribution in [1.29, 1.82) is 0 Å². The van der Waals surface area contributed by atoms with E-state index in [0.717, 1.165) is 0 Å². The minimum atomic E-state index is -1.20. The van der Waals surface area contributed by atoms with Crippen LogP contribution in [0.5, 0.6) is 0 Å². The highest BCUT2D eigenvalue weighted by molar-refractivity contribution is 5.94. The van der Waals surface area contributed by atoms with Crippen LogP contribution in [0.4, 0.5) is 5.82 Å². The van der Waals surface area contributed by atoms with Crippen molar-refractivity contribution >= 4 is 17.7 Å². The molecule has 0 fully saturated rings. The van der Waals surface area contributed by atoms with Gasteiger partial charge in [0.2, 0.25) is 5.91 Å². The fourth-order valence-corrected chi connectivity index (χ4v) is 2.01. The van der Waals surface area contributed by atoms with Crippen LogP contribution in [0, 0.1) is 18.8 Å². The van der Waals surface area contributed by atoms with Gasteiger partial charge in [-0.3, -0.25) is 4.79 Å². The first-order valence-electron chi connectivity index (χ1n) is 5.68. The molecular formula is C12H13N2O4-. The van der Waals surface area contributed by atoms with Crippen molar-refractivity contribution in [2.45, 2.75) is 19.8 Å². The van der Waals surface area contributed by atoms with Crippen molar-refractivity contribution in [2.24, 2.45) is 11.8 Å². The smallest absolute Gasteiger partial charge is 0.229 e. The van der Waals surface area contributed by atoms with Crippen LogP contribution in [0.2, 0.25) is 0 Å². The third kappa shape index (κ3) is 2.58. The Morgan fingerprint density at radius 1 is 1.39 bits per heavy atom. The molecule has 18 heavy (non-hydrogen) atoms. The summed E-state index contributed by atoms with van der Waals surface area (Å²) in [5.41, 5.74) is 0. The molecule has 2 atom stereocenters. The summed E-state index contributed by atoms with van der Waals surface area (Å²) in [7, 11) is 0. The average Bonchev–Trinajstić information content (AvgIpc) is 2.74. The van der Waals surface area contributed by atoms with Crippen LogP contribution < -0.4 is 10.4 Å². The second kappa shape index (κ2) is 5.03. The molecule has 0 saturated heterocycles. The van der Waals surface area contributed by atoms with E-state index in [1.54, 1.807) is 25.1 Å². The molecule has 96 valence electrons. The second-order valence-electron chi connectivity index (χ2n) is 4.29. The summed E-state index contributed by atoms with van der Waals surface area (Å²) in [4.78, 5) is 22.9. The van der Waals surface area contributed by atoms with E-state index in [1.807, 2.05) is 0 Å². The number of aryl methyl sites for hydroxylation is 1. The molecule has 6 heteroatoms. The number of carbonyl (C=O) groups excluding carboxylic acids is 2. The summed E-state index contributed by atoms with van der Waals surface area (Å²) in [6.07, 6.45) is 4.27. The largest absolute Gasteiger partial charge is 0.550 e. The minimum Gasteiger partial charge on any atom is -0.550 e. The van der Waals surface area contributed by atoms with E-state index in [-0.39, 0.29) is 5.91 Å². The van der Waals surface area contributed by atoms with Crippen molar-refractivity contribution in [3.8, 4) is 0 Å². The average molecular weight is 249 g/mol. The molecular weight excluding hydrogens is 236 g/mol. The van der Waals surface area contributed by atoms with Gasteiger partial charge in [-0.15, -0.1) is 0 Å². The Labute approximate surface area is 104 Å². The number of carboxylic acid groups (broad SMARTS) is 1. The Balaban J connectivity index is 2.07. The van der Waals surface area contributed by atoms with E-state index in [0.29, 0.717) is 24.4 Å². The lowest BCUT2D eigenvalue weighted by molar-refractivity contribution is -0.313. The maximum atomic E-state index is 12.0. The lowest BCUT2D eigenvalue weighted by atomic mass is 9.82. The van der Waals surface area contributed by atoms with Crippen LogP contribution in [0.15, 0.2) is 22.7 Å². The predicted molar refractivity (Wildman–Crippen MR) is 60.2 cm³/mol.